The van der Waals surface area contributed by atoms with Crippen molar-refractivity contribution in [2.45, 2.75) is 18.6 Å². The minimum atomic E-state index is -0.990. The second-order valence-electron chi connectivity index (χ2n) is 4.32. The van der Waals surface area contributed by atoms with Crippen LogP contribution >= 0.6 is 0 Å². The lowest BCUT2D eigenvalue weighted by Crippen LogP contribution is -2.57. The van der Waals surface area contributed by atoms with Gasteiger partial charge in [-0.15, -0.1) is 0 Å². The summed E-state index contributed by atoms with van der Waals surface area (Å²) in [5.74, 6) is -0.990. The molecule has 0 spiro atoms. The van der Waals surface area contributed by atoms with Crippen molar-refractivity contribution in [1.82, 2.24) is 5.32 Å². The van der Waals surface area contributed by atoms with Crippen LogP contribution in [-0.4, -0.2) is 42.4 Å². The van der Waals surface area contributed by atoms with E-state index in [2.05, 4.69) is 5.32 Å². The Kier molecular flexibility index (Phi) is 3.91. The van der Waals surface area contributed by atoms with Crippen molar-refractivity contribution >= 4 is 24.2 Å². The first-order valence-corrected chi connectivity index (χ1v) is 5.92. The summed E-state index contributed by atoms with van der Waals surface area (Å²) in [7, 11) is 0. The molecule has 1 aromatic carbocycles. The average molecular weight is 262 g/mol. The van der Waals surface area contributed by atoms with Gasteiger partial charge in [-0.25, -0.2) is 4.79 Å². The molecule has 100 valence electrons. The van der Waals surface area contributed by atoms with Gasteiger partial charge in [-0.2, -0.15) is 0 Å². The summed E-state index contributed by atoms with van der Waals surface area (Å²) >= 11 is 0. The minimum absolute atomic E-state index is 0.196. The predicted molar refractivity (Wildman–Crippen MR) is 68.2 cm³/mol. The van der Waals surface area contributed by atoms with Crippen LogP contribution in [0.5, 0.6) is 0 Å². The van der Waals surface area contributed by atoms with E-state index in [1.54, 1.807) is 17.0 Å². The molecular weight excluding hydrogens is 248 g/mol. The number of carboxylic acid groups (broad SMARTS) is 1. The predicted octanol–water partition coefficient (Wildman–Crippen LogP) is 0.277. The molecular formula is C13H14N2O4. The maximum absolute atomic E-state index is 11.1. The lowest BCUT2D eigenvalue weighted by Gasteiger charge is -2.37. The molecule has 1 aliphatic rings. The molecule has 0 bridgehead atoms. The normalized spacial score (nSPS) is 22.8. The lowest BCUT2D eigenvalue weighted by atomic mass is 10.1. The summed E-state index contributed by atoms with van der Waals surface area (Å²) in [6, 6.07) is 5.98. The van der Waals surface area contributed by atoms with Crippen LogP contribution in [0.2, 0.25) is 0 Å². The number of aldehydes is 2. The Balaban J connectivity index is 2.18. The highest BCUT2D eigenvalue weighted by atomic mass is 16.4. The van der Waals surface area contributed by atoms with Gasteiger partial charge in [0.05, 0.1) is 11.6 Å². The van der Waals surface area contributed by atoms with Crippen LogP contribution in [0.25, 0.3) is 0 Å². The van der Waals surface area contributed by atoms with Crippen LogP contribution in [0, 0.1) is 0 Å². The van der Waals surface area contributed by atoms with E-state index in [1.807, 2.05) is 0 Å². The molecule has 2 unspecified atom stereocenters. The molecule has 2 N–H and O–H groups in total. The summed E-state index contributed by atoms with van der Waals surface area (Å²) in [5.41, 5.74) is 0.945. The molecule has 0 saturated carbocycles. The maximum atomic E-state index is 11.1. The lowest BCUT2D eigenvalue weighted by molar-refractivity contribution is -0.112. The molecule has 0 aliphatic carbocycles. The SMILES string of the molecule is O=CC1CCN(c2ccc(C(=O)O)cc2)C(C=O)N1. The van der Waals surface area contributed by atoms with Gasteiger partial charge in [0, 0.05) is 12.2 Å². The van der Waals surface area contributed by atoms with Gasteiger partial charge in [-0.05, 0) is 30.7 Å². The van der Waals surface area contributed by atoms with Crippen molar-refractivity contribution in [2.75, 3.05) is 11.4 Å². The zero-order valence-electron chi connectivity index (χ0n) is 10.2. The van der Waals surface area contributed by atoms with E-state index in [9.17, 15) is 14.4 Å². The van der Waals surface area contributed by atoms with E-state index in [0.29, 0.717) is 13.0 Å². The first kappa shape index (κ1) is 13.2. The topological polar surface area (TPSA) is 86.7 Å². The second-order valence-corrected chi connectivity index (χ2v) is 4.32. The largest absolute Gasteiger partial charge is 0.478 e. The number of hydrogen-bond acceptors (Lipinski definition) is 5. The molecule has 2 atom stereocenters. The number of carbonyl (C=O) groups is 3. The van der Waals surface area contributed by atoms with Crippen LogP contribution in [-0.2, 0) is 9.59 Å². The third kappa shape index (κ3) is 2.79. The highest BCUT2D eigenvalue weighted by Gasteiger charge is 2.27. The number of rotatable bonds is 4. The number of nitrogens with zero attached hydrogens (tertiary/aromatic N) is 1. The van der Waals surface area contributed by atoms with E-state index < -0.39 is 12.1 Å². The van der Waals surface area contributed by atoms with Crippen LogP contribution in [0.3, 0.4) is 0 Å². The van der Waals surface area contributed by atoms with Crippen LogP contribution < -0.4 is 10.2 Å². The highest BCUT2D eigenvalue weighted by Crippen LogP contribution is 2.20. The summed E-state index contributed by atoms with van der Waals surface area (Å²) in [5, 5.41) is 11.7. The monoisotopic (exact) mass is 262 g/mol. The smallest absolute Gasteiger partial charge is 0.335 e. The van der Waals surface area contributed by atoms with Gasteiger partial charge in [-0.1, -0.05) is 0 Å². The maximum Gasteiger partial charge on any atom is 0.335 e. The van der Waals surface area contributed by atoms with E-state index in [1.165, 1.54) is 12.1 Å². The summed E-state index contributed by atoms with van der Waals surface area (Å²) in [4.78, 5) is 34.4. The first-order chi connectivity index (χ1) is 9.15. The Morgan fingerprint density at radius 2 is 1.95 bits per heavy atom. The first-order valence-electron chi connectivity index (χ1n) is 5.92. The zero-order chi connectivity index (χ0) is 13.8. The molecule has 2 rings (SSSR count). The fraction of sp³-hybridized carbons (Fsp3) is 0.308. The minimum Gasteiger partial charge on any atom is -0.478 e. The number of benzene rings is 1. The van der Waals surface area contributed by atoms with Crippen molar-refractivity contribution in [3.05, 3.63) is 29.8 Å². The van der Waals surface area contributed by atoms with Crippen molar-refractivity contribution in [3.8, 4) is 0 Å². The van der Waals surface area contributed by atoms with E-state index in [-0.39, 0.29) is 11.6 Å². The van der Waals surface area contributed by atoms with Gasteiger partial charge in [0.25, 0.3) is 0 Å². The fourth-order valence-electron chi connectivity index (χ4n) is 2.12. The molecule has 1 aliphatic heterocycles. The molecule has 0 aromatic heterocycles. The number of hydrogen-bond donors (Lipinski definition) is 2. The van der Waals surface area contributed by atoms with Gasteiger partial charge in [0.2, 0.25) is 0 Å². The molecule has 0 radical (unpaired) electrons. The number of anilines is 1. The summed E-state index contributed by atoms with van der Waals surface area (Å²) < 4.78 is 0. The number of carbonyl (C=O) groups excluding carboxylic acids is 2. The molecule has 1 saturated heterocycles. The van der Waals surface area contributed by atoms with Gasteiger partial charge >= 0.3 is 5.97 Å². The van der Waals surface area contributed by atoms with Crippen LogP contribution in [0.1, 0.15) is 16.8 Å². The van der Waals surface area contributed by atoms with Crippen molar-refractivity contribution in [2.24, 2.45) is 0 Å². The van der Waals surface area contributed by atoms with Crippen molar-refractivity contribution in [3.63, 3.8) is 0 Å². The number of carboxylic acids is 1. The Bertz CT molecular complexity index is 486. The number of nitrogens with one attached hydrogen (secondary N) is 1. The fourth-order valence-corrected chi connectivity index (χ4v) is 2.12. The average Bonchev–Trinajstić information content (AvgIpc) is 2.46. The Morgan fingerprint density at radius 3 is 2.47 bits per heavy atom. The van der Waals surface area contributed by atoms with Crippen molar-refractivity contribution < 1.29 is 19.5 Å². The van der Waals surface area contributed by atoms with Crippen LogP contribution in [0.4, 0.5) is 5.69 Å². The van der Waals surface area contributed by atoms with E-state index in [4.69, 9.17) is 5.11 Å². The molecule has 19 heavy (non-hydrogen) atoms. The zero-order valence-corrected chi connectivity index (χ0v) is 10.2. The molecule has 6 nitrogen and oxygen atoms in total. The van der Waals surface area contributed by atoms with Gasteiger partial charge in [0.15, 0.2) is 6.29 Å². The third-order valence-corrected chi connectivity index (χ3v) is 3.14. The standard InChI is InChI=1S/C13H14N2O4/c16-7-10-5-6-15(12(8-17)14-10)11-3-1-9(2-4-11)13(18)19/h1-4,7-8,10,12,14H,5-6H2,(H,18,19). The van der Waals surface area contributed by atoms with Gasteiger partial charge < -0.3 is 14.8 Å². The molecule has 1 fully saturated rings. The van der Waals surface area contributed by atoms with Crippen LogP contribution in [0.15, 0.2) is 24.3 Å². The quantitative estimate of drug-likeness (QED) is 0.758. The Morgan fingerprint density at radius 1 is 1.26 bits per heavy atom. The van der Waals surface area contributed by atoms with E-state index >= 15 is 0 Å². The number of aromatic carboxylic acids is 1. The summed E-state index contributed by atoms with van der Waals surface area (Å²) in [6.45, 7) is 0.562. The Labute approximate surface area is 110 Å². The summed E-state index contributed by atoms with van der Waals surface area (Å²) in [6.07, 6.45) is 1.57. The van der Waals surface area contributed by atoms with Crippen molar-refractivity contribution in [1.29, 1.82) is 0 Å². The highest BCUT2D eigenvalue weighted by molar-refractivity contribution is 5.88. The molecule has 1 heterocycles. The third-order valence-electron chi connectivity index (χ3n) is 3.14. The van der Waals surface area contributed by atoms with Gasteiger partial charge in [0.1, 0.15) is 12.5 Å². The van der Waals surface area contributed by atoms with Gasteiger partial charge in [-0.3, -0.25) is 10.1 Å². The molecule has 6 heteroatoms. The van der Waals surface area contributed by atoms with E-state index in [0.717, 1.165) is 18.3 Å². The Hall–Kier alpha value is -2.21. The molecule has 0 amide bonds. The second kappa shape index (κ2) is 5.62. The molecule has 1 aromatic rings.